The van der Waals surface area contributed by atoms with Crippen LogP contribution in [0.15, 0.2) is 24.5 Å². The van der Waals surface area contributed by atoms with Gasteiger partial charge in [-0.3, -0.25) is 9.78 Å². The van der Waals surface area contributed by atoms with Crippen LogP contribution in [0.4, 0.5) is 0 Å². The van der Waals surface area contributed by atoms with Crippen LogP contribution in [0.25, 0.3) is 0 Å². The first-order valence-electron chi connectivity index (χ1n) is 6.69. The molecule has 2 unspecified atom stereocenters. The highest BCUT2D eigenvalue weighted by Crippen LogP contribution is 2.29. The van der Waals surface area contributed by atoms with E-state index in [1.807, 2.05) is 23.2 Å². The monoisotopic (exact) mass is 247 g/mol. The van der Waals surface area contributed by atoms with Gasteiger partial charge in [0, 0.05) is 31.4 Å². The molecule has 2 N–H and O–H groups in total. The van der Waals surface area contributed by atoms with Crippen LogP contribution in [-0.4, -0.2) is 28.4 Å². The highest BCUT2D eigenvalue weighted by molar-refractivity contribution is 5.77. The van der Waals surface area contributed by atoms with Crippen LogP contribution in [0.5, 0.6) is 0 Å². The van der Waals surface area contributed by atoms with Gasteiger partial charge < -0.3 is 10.6 Å². The molecule has 0 aromatic carbocycles. The molecule has 0 saturated carbocycles. The Bertz CT molecular complexity index is 393. The highest BCUT2D eigenvalue weighted by Gasteiger charge is 2.32. The molecule has 1 aliphatic heterocycles. The fourth-order valence-corrected chi connectivity index (χ4v) is 2.66. The molecule has 0 spiro atoms. The summed E-state index contributed by atoms with van der Waals surface area (Å²) in [7, 11) is 0. The lowest BCUT2D eigenvalue weighted by Crippen LogP contribution is -2.42. The second kappa shape index (κ2) is 5.96. The zero-order valence-corrected chi connectivity index (χ0v) is 10.9. The molecular weight excluding hydrogens is 226 g/mol. The van der Waals surface area contributed by atoms with Crippen LogP contribution < -0.4 is 5.73 Å². The molecule has 1 amide bonds. The first-order valence-corrected chi connectivity index (χ1v) is 6.69. The molecule has 0 radical (unpaired) electrons. The summed E-state index contributed by atoms with van der Waals surface area (Å²) < 4.78 is 0. The van der Waals surface area contributed by atoms with Crippen LogP contribution in [0.2, 0.25) is 0 Å². The molecule has 18 heavy (non-hydrogen) atoms. The van der Waals surface area contributed by atoms with Gasteiger partial charge in [-0.25, -0.2) is 0 Å². The molecule has 1 aromatic rings. The van der Waals surface area contributed by atoms with Gasteiger partial charge >= 0.3 is 0 Å². The van der Waals surface area contributed by atoms with Crippen molar-refractivity contribution in [1.29, 1.82) is 0 Å². The van der Waals surface area contributed by atoms with E-state index >= 15 is 0 Å². The van der Waals surface area contributed by atoms with E-state index in [-0.39, 0.29) is 18.0 Å². The van der Waals surface area contributed by atoms with Crippen molar-refractivity contribution in [2.75, 3.05) is 6.54 Å². The molecular formula is C14H21N3O. The Balaban J connectivity index is 2.33. The Morgan fingerprint density at radius 2 is 2.39 bits per heavy atom. The van der Waals surface area contributed by atoms with E-state index in [9.17, 15) is 4.79 Å². The van der Waals surface area contributed by atoms with Gasteiger partial charge in [0.05, 0.1) is 6.04 Å². The lowest BCUT2D eigenvalue weighted by atomic mass is 9.97. The minimum Gasteiger partial charge on any atom is -0.334 e. The molecule has 2 atom stereocenters. The van der Waals surface area contributed by atoms with Crippen molar-refractivity contribution in [2.24, 2.45) is 5.73 Å². The number of nitrogens with two attached hydrogens (primary N) is 1. The highest BCUT2D eigenvalue weighted by atomic mass is 16.2. The van der Waals surface area contributed by atoms with Crippen LogP contribution in [0.1, 0.15) is 44.2 Å². The third-order valence-electron chi connectivity index (χ3n) is 3.48. The van der Waals surface area contributed by atoms with Crippen molar-refractivity contribution in [1.82, 2.24) is 9.88 Å². The number of hydrogen-bond donors (Lipinski definition) is 1. The van der Waals surface area contributed by atoms with Gasteiger partial charge in [0.1, 0.15) is 0 Å². The van der Waals surface area contributed by atoms with Crippen molar-refractivity contribution in [3.8, 4) is 0 Å². The second-order valence-electron chi connectivity index (χ2n) is 4.87. The van der Waals surface area contributed by atoms with E-state index in [1.165, 1.54) is 0 Å². The molecule has 4 heteroatoms. The van der Waals surface area contributed by atoms with E-state index in [2.05, 4.69) is 11.9 Å². The molecule has 1 aromatic heterocycles. The number of hydrogen-bond acceptors (Lipinski definition) is 3. The lowest BCUT2D eigenvalue weighted by molar-refractivity contribution is -0.133. The number of carbonyl (C=O) groups is 1. The quantitative estimate of drug-likeness (QED) is 0.887. The zero-order chi connectivity index (χ0) is 13.0. The van der Waals surface area contributed by atoms with Gasteiger partial charge in [0.2, 0.25) is 5.91 Å². The minimum atomic E-state index is -0.0198. The first kappa shape index (κ1) is 13.0. The maximum absolute atomic E-state index is 12.2. The Kier molecular flexibility index (Phi) is 4.31. The summed E-state index contributed by atoms with van der Waals surface area (Å²) >= 11 is 0. The molecule has 4 nitrogen and oxygen atoms in total. The maximum atomic E-state index is 12.2. The van der Waals surface area contributed by atoms with Gasteiger partial charge in [-0.1, -0.05) is 13.0 Å². The van der Waals surface area contributed by atoms with Gasteiger partial charge in [-0.2, -0.15) is 0 Å². The summed E-state index contributed by atoms with van der Waals surface area (Å²) in [6, 6.07) is 3.90. The van der Waals surface area contributed by atoms with E-state index in [4.69, 9.17) is 5.73 Å². The number of carbonyl (C=O) groups excluding carboxylic acids is 1. The predicted molar refractivity (Wildman–Crippen MR) is 70.8 cm³/mol. The molecule has 98 valence electrons. The number of aromatic nitrogens is 1. The lowest BCUT2D eigenvalue weighted by Gasteiger charge is -2.33. The van der Waals surface area contributed by atoms with Gasteiger partial charge in [-0.15, -0.1) is 0 Å². The van der Waals surface area contributed by atoms with Crippen LogP contribution >= 0.6 is 0 Å². The molecule has 2 heterocycles. The fourth-order valence-electron chi connectivity index (χ4n) is 2.66. The normalized spacial score (nSPS) is 25.0. The summed E-state index contributed by atoms with van der Waals surface area (Å²) in [5.41, 5.74) is 7.32. The Labute approximate surface area is 108 Å². The summed E-state index contributed by atoms with van der Waals surface area (Å²) in [4.78, 5) is 18.3. The van der Waals surface area contributed by atoms with Gasteiger partial charge in [0.15, 0.2) is 0 Å². The second-order valence-corrected chi connectivity index (χ2v) is 4.87. The number of rotatable bonds is 3. The molecule has 1 fully saturated rings. The van der Waals surface area contributed by atoms with Crippen molar-refractivity contribution in [2.45, 2.75) is 44.7 Å². The predicted octanol–water partition coefficient (Wildman–Crippen LogP) is 1.87. The number of amides is 1. The number of likely N-dealkylation sites (tertiary alicyclic amines) is 1. The Morgan fingerprint density at radius 1 is 1.56 bits per heavy atom. The smallest absolute Gasteiger partial charge is 0.223 e. The summed E-state index contributed by atoms with van der Waals surface area (Å²) in [6.45, 7) is 2.86. The molecule has 1 saturated heterocycles. The fraction of sp³-hybridized carbons (Fsp3) is 0.571. The average Bonchev–Trinajstić information content (AvgIpc) is 2.51. The third kappa shape index (κ3) is 2.70. The standard InChI is InChI=1S/C14H21N3O/c1-2-9-17-13(18)7-3-6-12(15)14(17)11-5-4-8-16-10-11/h4-5,8,10,12,14H,2-3,6-7,9,15H2,1H3. The molecule has 0 aliphatic carbocycles. The van der Waals surface area contributed by atoms with Crippen LogP contribution in [-0.2, 0) is 4.79 Å². The molecule has 2 rings (SSSR count). The van der Waals surface area contributed by atoms with E-state index in [0.29, 0.717) is 6.42 Å². The SMILES string of the molecule is CCCN1C(=O)CCCC(N)C1c1cccnc1. The Morgan fingerprint density at radius 3 is 3.06 bits per heavy atom. The van der Waals surface area contributed by atoms with Crippen molar-refractivity contribution >= 4 is 5.91 Å². The van der Waals surface area contributed by atoms with Crippen LogP contribution in [0, 0.1) is 0 Å². The van der Waals surface area contributed by atoms with Gasteiger partial charge in [-0.05, 0) is 30.9 Å². The largest absolute Gasteiger partial charge is 0.334 e. The zero-order valence-electron chi connectivity index (χ0n) is 10.9. The summed E-state index contributed by atoms with van der Waals surface area (Å²) in [5, 5.41) is 0. The minimum absolute atomic E-state index is 0.00667. The van der Waals surface area contributed by atoms with Gasteiger partial charge in [0.25, 0.3) is 0 Å². The van der Waals surface area contributed by atoms with E-state index < -0.39 is 0 Å². The third-order valence-corrected chi connectivity index (χ3v) is 3.48. The van der Waals surface area contributed by atoms with Crippen molar-refractivity contribution < 1.29 is 4.79 Å². The van der Waals surface area contributed by atoms with Crippen molar-refractivity contribution in [3.63, 3.8) is 0 Å². The van der Waals surface area contributed by atoms with E-state index in [1.54, 1.807) is 6.20 Å². The summed E-state index contributed by atoms with van der Waals surface area (Å²) in [6.07, 6.45) is 6.92. The van der Waals surface area contributed by atoms with Crippen LogP contribution in [0.3, 0.4) is 0 Å². The van der Waals surface area contributed by atoms with Crippen molar-refractivity contribution in [3.05, 3.63) is 30.1 Å². The average molecular weight is 247 g/mol. The number of pyridine rings is 1. The maximum Gasteiger partial charge on any atom is 0.223 e. The molecule has 1 aliphatic rings. The Hall–Kier alpha value is -1.42. The number of nitrogens with zero attached hydrogens (tertiary/aromatic N) is 2. The summed E-state index contributed by atoms with van der Waals surface area (Å²) in [5.74, 6) is 0.221. The first-order chi connectivity index (χ1) is 8.74. The van der Waals surface area contributed by atoms with E-state index in [0.717, 1.165) is 31.4 Å². The molecule has 0 bridgehead atoms. The topological polar surface area (TPSA) is 59.2 Å².